The molecule has 0 spiro atoms. The molecule has 4 heteroatoms. The number of hydrogen-bond acceptors (Lipinski definition) is 2. The van der Waals surface area contributed by atoms with E-state index in [1.807, 2.05) is 0 Å². The van der Waals surface area contributed by atoms with Crippen molar-refractivity contribution in [1.29, 1.82) is 0 Å². The van der Waals surface area contributed by atoms with Crippen LogP contribution >= 0.6 is 0 Å². The summed E-state index contributed by atoms with van der Waals surface area (Å²) in [6.07, 6.45) is 0. The average molecular weight is 258 g/mol. The summed E-state index contributed by atoms with van der Waals surface area (Å²) in [4.78, 5) is 23.4. The number of ketones is 1. The number of aromatic carboxylic acids is 1. The summed E-state index contributed by atoms with van der Waals surface area (Å²) < 4.78 is 13.0. The number of carbonyl (C=O) groups is 2. The quantitative estimate of drug-likeness (QED) is 0.861. The fraction of sp³-hybridized carbons (Fsp3) is 0.0667. The zero-order chi connectivity index (χ0) is 14.0. The predicted molar refractivity (Wildman–Crippen MR) is 68.0 cm³/mol. The Bertz CT molecular complexity index is 662. The van der Waals surface area contributed by atoms with Crippen LogP contribution in [0, 0.1) is 12.7 Å². The molecule has 0 saturated carbocycles. The van der Waals surface area contributed by atoms with E-state index in [9.17, 15) is 14.0 Å². The molecule has 2 aromatic carbocycles. The molecule has 0 aromatic heterocycles. The molecule has 2 rings (SSSR count). The highest BCUT2D eigenvalue weighted by molar-refractivity contribution is 6.14. The van der Waals surface area contributed by atoms with Crippen molar-refractivity contribution in [2.24, 2.45) is 0 Å². The minimum atomic E-state index is -1.16. The van der Waals surface area contributed by atoms with Crippen LogP contribution in [0.25, 0.3) is 0 Å². The van der Waals surface area contributed by atoms with Gasteiger partial charge in [0.1, 0.15) is 5.82 Å². The van der Waals surface area contributed by atoms with Gasteiger partial charge in [-0.15, -0.1) is 0 Å². The molecule has 0 aliphatic heterocycles. The Kier molecular flexibility index (Phi) is 3.42. The number of carbonyl (C=O) groups excluding carboxylic acids is 1. The Morgan fingerprint density at radius 3 is 2.21 bits per heavy atom. The molecule has 0 fully saturated rings. The van der Waals surface area contributed by atoms with Gasteiger partial charge in [0.2, 0.25) is 0 Å². The molecule has 2 aromatic rings. The fourth-order valence-electron chi connectivity index (χ4n) is 1.89. The molecule has 0 amide bonds. The summed E-state index contributed by atoms with van der Waals surface area (Å²) in [7, 11) is 0. The van der Waals surface area contributed by atoms with Crippen LogP contribution in [0.4, 0.5) is 4.39 Å². The number of carboxylic acids is 1. The number of rotatable bonds is 3. The topological polar surface area (TPSA) is 54.4 Å². The van der Waals surface area contributed by atoms with E-state index in [0.717, 1.165) is 0 Å². The summed E-state index contributed by atoms with van der Waals surface area (Å²) in [6, 6.07) is 9.77. The normalized spacial score (nSPS) is 10.2. The van der Waals surface area contributed by atoms with E-state index in [1.165, 1.54) is 30.3 Å². The van der Waals surface area contributed by atoms with Crippen molar-refractivity contribution in [3.8, 4) is 0 Å². The van der Waals surface area contributed by atoms with Gasteiger partial charge in [-0.2, -0.15) is 0 Å². The minimum Gasteiger partial charge on any atom is -0.478 e. The Hall–Kier alpha value is -2.49. The van der Waals surface area contributed by atoms with Gasteiger partial charge >= 0.3 is 5.97 Å². The van der Waals surface area contributed by atoms with Crippen LogP contribution in [0.1, 0.15) is 31.8 Å². The second kappa shape index (κ2) is 5.02. The number of halogens is 1. The van der Waals surface area contributed by atoms with Gasteiger partial charge in [0, 0.05) is 11.1 Å². The summed E-state index contributed by atoms with van der Waals surface area (Å²) >= 11 is 0. The first-order valence-corrected chi connectivity index (χ1v) is 5.64. The van der Waals surface area contributed by atoms with E-state index in [-0.39, 0.29) is 11.1 Å². The first-order chi connectivity index (χ1) is 9.00. The zero-order valence-electron chi connectivity index (χ0n) is 10.2. The number of hydrogen-bond donors (Lipinski definition) is 1. The standard InChI is InChI=1S/C15H11FO3/c1-9-8-10(16)6-7-11(9)14(17)12-4-2-3-5-13(12)15(18)19/h2-8H,1H3,(H,18,19). The molecule has 96 valence electrons. The lowest BCUT2D eigenvalue weighted by molar-refractivity contribution is 0.0692. The van der Waals surface area contributed by atoms with Crippen molar-refractivity contribution in [1.82, 2.24) is 0 Å². The number of benzene rings is 2. The molecule has 0 saturated heterocycles. The molecule has 0 bridgehead atoms. The lowest BCUT2D eigenvalue weighted by atomic mass is 9.95. The van der Waals surface area contributed by atoms with Crippen LogP contribution in [0.3, 0.4) is 0 Å². The van der Waals surface area contributed by atoms with Crippen LogP contribution in [0.15, 0.2) is 42.5 Å². The van der Waals surface area contributed by atoms with E-state index in [1.54, 1.807) is 19.1 Å². The van der Waals surface area contributed by atoms with Crippen LogP contribution in [-0.2, 0) is 0 Å². The summed E-state index contributed by atoms with van der Waals surface area (Å²) in [6.45, 7) is 1.61. The van der Waals surface area contributed by atoms with Gasteiger partial charge in [0.25, 0.3) is 0 Å². The van der Waals surface area contributed by atoms with E-state index < -0.39 is 17.6 Å². The molecule has 0 heterocycles. The maximum Gasteiger partial charge on any atom is 0.336 e. The van der Waals surface area contributed by atoms with Gasteiger partial charge in [0.15, 0.2) is 5.78 Å². The van der Waals surface area contributed by atoms with Crippen LogP contribution < -0.4 is 0 Å². The zero-order valence-corrected chi connectivity index (χ0v) is 10.2. The van der Waals surface area contributed by atoms with Gasteiger partial charge in [-0.05, 0) is 36.8 Å². The largest absolute Gasteiger partial charge is 0.478 e. The Labute approximate surface area is 109 Å². The predicted octanol–water partition coefficient (Wildman–Crippen LogP) is 3.06. The van der Waals surface area contributed by atoms with Crippen molar-refractivity contribution in [3.05, 3.63) is 70.5 Å². The molecule has 19 heavy (non-hydrogen) atoms. The Balaban J connectivity index is 2.53. The highest BCUT2D eigenvalue weighted by Gasteiger charge is 2.18. The Morgan fingerprint density at radius 2 is 1.63 bits per heavy atom. The number of carboxylic acid groups (broad SMARTS) is 1. The van der Waals surface area contributed by atoms with Crippen molar-refractivity contribution in [2.45, 2.75) is 6.92 Å². The maximum atomic E-state index is 13.0. The van der Waals surface area contributed by atoms with Gasteiger partial charge < -0.3 is 5.11 Å². The summed E-state index contributed by atoms with van der Waals surface area (Å²) in [5, 5.41) is 9.06. The van der Waals surface area contributed by atoms with E-state index in [4.69, 9.17) is 5.11 Å². The van der Waals surface area contributed by atoms with Gasteiger partial charge in [0.05, 0.1) is 5.56 Å². The third-order valence-corrected chi connectivity index (χ3v) is 2.84. The molecular formula is C15H11FO3. The van der Waals surface area contributed by atoms with Gasteiger partial charge in [-0.25, -0.2) is 9.18 Å². The average Bonchev–Trinajstić information content (AvgIpc) is 2.38. The van der Waals surface area contributed by atoms with E-state index >= 15 is 0 Å². The third kappa shape index (κ3) is 2.52. The highest BCUT2D eigenvalue weighted by Crippen LogP contribution is 2.18. The van der Waals surface area contributed by atoms with E-state index in [2.05, 4.69) is 0 Å². The van der Waals surface area contributed by atoms with Crippen molar-refractivity contribution < 1.29 is 19.1 Å². The lowest BCUT2D eigenvalue weighted by Crippen LogP contribution is -2.10. The van der Waals surface area contributed by atoms with Crippen LogP contribution in [0.2, 0.25) is 0 Å². The molecule has 0 aliphatic carbocycles. The maximum absolute atomic E-state index is 13.0. The van der Waals surface area contributed by atoms with Crippen molar-refractivity contribution in [2.75, 3.05) is 0 Å². The highest BCUT2D eigenvalue weighted by atomic mass is 19.1. The number of aryl methyl sites for hydroxylation is 1. The van der Waals surface area contributed by atoms with Crippen molar-refractivity contribution >= 4 is 11.8 Å². The smallest absolute Gasteiger partial charge is 0.336 e. The molecular weight excluding hydrogens is 247 g/mol. The Morgan fingerprint density at radius 1 is 1.00 bits per heavy atom. The fourth-order valence-corrected chi connectivity index (χ4v) is 1.89. The lowest BCUT2D eigenvalue weighted by Gasteiger charge is -2.07. The van der Waals surface area contributed by atoms with Crippen molar-refractivity contribution in [3.63, 3.8) is 0 Å². The monoisotopic (exact) mass is 258 g/mol. The molecule has 0 aliphatic rings. The molecule has 3 nitrogen and oxygen atoms in total. The SMILES string of the molecule is Cc1cc(F)ccc1C(=O)c1ccccc1C(=O)O. The molecule has 1 N–H and O–H groups in total. The first-order valence-electron chi connectivity index (χ1n) is 5.64. The van der Waals surface area contributed by atoms with Gasteiger partial charge in [-0.3, -0.25) is 4.79 Å². The van der Waals surface area contributed by atoms with E-state index in [0.29, 0.717) is 11.1 Å². The van der Waals surface area contributed by atoms with Gasteiger partial charge in [-0.1, -0.05) is 18.2 Å². The molecule has 0 unspecified atom stereocenters. The second-order valence-electron chi connectivity index (χ2n) is 4.14. The minimum absolute atomic E-state index is 0.0591. The summed E-state index contributed by atoms with van der Waals surface area (Å²) in [5.41, 5.74) is 0.821. The second-order valence-corrected chi connectivity index (χ2v) is 4.14. The third-order valence-electron chi connectivity index (χ3n) is 2.84. The molecule has 0 atom stereocenters. The first kappa shape index (κ1) is 13.0. The molecule has 0 radical (unpaired) electrons. The summed E-state index contributed by atoms with van der Waals surface area (Å²) in [5.74, 6) is -2.01. The van der Waals surface area contributed by atoms with Crippen LogP contribution in [0.5, 0.6) is 0 Å². The van der Waals surface area contributed by atoms with Crippen LogP contribution in [-0.4, -0.2) is 16.9 Å².